The molecule has 1 heterocycles. The Bertz CT molecular complexity index is 362. The minimum atomic E-state index is 0.0527. The second-order valence-electron chi connectivity index (χ2n) is 7.93. The Morgan fingerprint density at radius 2 is 1.38 bits per heavy atom. The van der Waals surface area contributed by atoms with Crippen LogP contribution >= 0.6 is 0 Å². The Balaban J connectivity index is 1.80. The standard InChI is InChI=1S/C23H45N3/c1-3-4-5-6-7-8-9-10-11-12-13-14-15-16-17-18-19-23-25-20-21-26(23)22(2)24/h18-23,25H,3-17,24H2,1-2H3/b19-18+. The molecule has 0 spiro atoms. The highest BCUT2D eigenvalue weighted by Gasteiger charge is 2.17. The maximum atomic E-state index is 5.95. The molecule has 0 fully saturated rings. The number of nitrogens with zero attached hydrogens (tertiary/aromatic N) is 1. The third-order valence-corrected chi connectivity index (χ3v) is 5.35. The quantitative estimate of drug-likeness (QED) is 0.231. The van der Waals surface area contributed by atoms with Crippen molar-refractivity contribution in [1.82, 2.24) is 10.2 Å². The smallest absolute Gasteiger partial charge is 0.119 e. The van der Waals surface area contributed by atoms with E-state index in [0.717, 1.165) is 0 Å². The van der Waals surface area contributed by atoms with Crippen LogP contribution in [0.4, 0.5) is 0 Å². The lowest BCUT2D eigenvalue weighted by Gasteiger charge is -2.26. The number of rotatable bonds is 17. The van der Waals surface area contributed by atoms with E-state index in [9.17, 15) is 0 Å². The first-order valence-electron chi connectivity index (χ1n) is 11.4. The number of hydrogen-bond acceptors (Lipinski definition) is 3. The van der Waals surface area contributed by atoms with Gasteiger partial charge in [0.1, 0.15) is 6.17 Å². The van der Waals surface area contributed by atoms with Crippen molar-refractivity contribution in [3.8, 4) is 0 Å². The fourth-order valence-electron chi connectivity index (χ4n) is 3.63. The molecule has 0 aromatic heterocycles. The van der Waals surface area contributed by atoms with Gasteiger partial charge < -0.3 is 16.0 Å². The van der Waals surface area contributed by atoms with Crippen LogP contribution in [0.3, 0.4) is 0 Å². The molecule has 152 valence electrons. The molecular formula is C23H45N3. The molecule has 26 heavy (non-hydrogen) atoms. The van der Waals surface area contributed by atoms with Crippen molar-refractivity contribution in [3.05, 3.63) is 24.6 Å². The van der Waals surface area contributed by atoms with Crippen molar-refractivity contribution < 1.29 is 0 Å². The van der Waals surface area contributed by atoms with E-state index >= 15 is 0 Å². The van der Waals surface area contributed by atoms with Gasteiger partial charge in [-0.3, -0.25) is 0 Å². The Kier molecular flexibility index (Phi) is 14.4. The van der Waals surface area contributed by atoms with Gasteiger partial charge in [0.25, 0.3) is 0 Å². The highest BCUT2D eigenvalue weighted by atomic mass is 15.3. The zero-order valence-electron chi connectivity index (χ0n) is 17.6. The lowest BCUT2D eigenvalue weighted by molar-refractivity contribution is 0.259. The number of hydrogen-bond donors (Lipinski definition) is 2. The first kappa shape index (κ1) is 23.1. The summed E-state index contributed by atoms with van der Waals surface area (Å²) in [6.07, 6.45) is 29.9. The van der Waals surface area contributed by atoms with E-state index in [2.05, 4.69) is 29.3 Å². The SMILES string of the molecule is CCCCCCCCCCCCCCCC/C=C/C1NC=CN1C(C)N. The zero-order chi connectivity index (χ0) is 18.9. The molecule has 1 rings (SSSR count). The van der Waals surface area contributed by atoms with Gasteiger partial charge in [0, 0.05) is 12.4 Å². The van der Waals surface area contributed by atoms with Crippen LogP contribution in [-0.4, -0.2) is 17.2 Å². The Morgan fingerprint density at radius 1 is 0.885 bits per heavy atom. The zero-order valence-corrected chi connectivity index (χ0v) is 17.6. The van der Waals surface area contributed by atoms with Crippen molar-refractivity contribution in [2.75, 3.05) is 0 Å². The van der Waals surface area contributed by atoms with Crippen molar-refractivity contribution in [2.45, 2.75) is 122 Å². The molecule has 3 nitrogen and oxygen atoms in total. The van der Waals surface area contributed by atoms with Crippen LogP contribution in [0.1, 0.15) is 110 Å². The third-order valence-electron chi connectivity index (χ3n) is 5.35. The van der Waals surface area contributed by atoms with E-state index in [4.69, 9.17) is 5.73 Å². The van der Waals surface area contributed by atoms with Crippen molar-refractivity contribution >= 4 is 0 Å². The molecule has 1 aliphatic heterocycles. The Morgan fingerprint density at radius 3 is 1.88 bits per heavy atom. The Hall–Kier alpha value is -0.960. The molecular weight excluding hydrogens is 318 g/mol. The van der Waals surface area contributed by atoms with Crippen LogP contribution in [0.15, 0.2) is 24.6 Å². The minimum absolute atomic E-state index is 0.0527. The average molecular weight is 364 g/mol. The van der Waals surface area contributed by atoms with Crippen LogP contribution in [-0.2, 0) is 0 Å². The summed E-state index contributed by atoms with van der Waals surface area (Å²) in [5.74, 6) is 0. The molecule has 0 bridgehead atoms. The van der Waals surface area contributed by atoms with E-state index < -0.39 is 0 Å². The van der Waals surface area contributed by atoms with Gasteiger partial charge >= 0.3 is 0 Å². The highest BCUT2D eigenvalue weighted by molar-refractivity contribution is 5.05. The number of nitrogens with two attached hydrogens (primary N) is 1. The van der Waals surface area contributed by atoms with E-state index in [1.807, 2.05) is 19.3 Å². The Labute approximate surface area is 163 Å². The normalized spacial score (nSPS) is 18.0. The predicted molar refractivity (Wildman–Crippen MR) is 116 cm³/mol. The fourth-order valence-corrected chi connectivity index (χ4v) is 3.63. The molecule has 1 aliphatic rings. The van der Waals surface area contributed by atoms with Crippen LogP contribution in [0.25, 0.3) is 0 Å². The van der Waals surface area contributed by atoms with Gasteiger partial charge in [-0.25, -0.2) is 0 Å². The molecule has 0 radical (unpaired) electrons. The monoisotopic (exact) mass is 363 g/mol. The van der Waals surface area contributed by atoms with Crippen LogP contribution in [0.2, 0.25) is 0 Å². The number of nitrogens with one attached hydrogen (secondary N) is 1. The van der Waals surface area contributed by atoms with Crippen LogP contribution < -0.4 is 11.1 Å². The first-order chi connectivity index (χ1) is 12.8. The van der Waals surface area contributed by atoms with Gasteiger partial charge in [-0.05, 0) is 25.8 Å². The van der Waals surface area contributed by atoms with Gasteiger partial charge in [0.2, 0.25) is 0 Å². The molecule has 2 unspecified atom stereocenters. The van der Waals surface area contributed by atoms with E-state index in [1.165, 1.54) is 96.3 Å². The summed E-state index contributed by atoms with van der Waals surface area (Å²) < 4.78 is 0. The lowest BCUT2D eigenvalue weighted by Crippen LogP contribution is -2.43. The topological polar surface area (TPSA) is 41.3 Å². The van der Waals surface area contributed by atoms with Gasteiger partial charge in [-0.2, -0.15) is 0 Å². The predicted octanol–water partition coefficient (Wildman–Crippen LogP) is 6.42. The molecule has 0 aromatic carbocycles. The maximum absolute atomic E-state index is 5.95. The van der Waals surface area contributed by atoms with Crippen molar-refractivity contribution in [3.63, 3.8) is 0 Å². The molecule has 0 amide bonds. The molecule has 0 aromatic rings. The summed E-state index contributed by atoms with van der Waals surface area (Å²) in [4.78, 5) is 2.14. The van der Waals surface area contributed by atoms with Gasteiger partial charge in [-0.15, -0.1) is 0 Å². The molecule has 0 saturated heterocycles. The van der Waals surface area contributed by atoms with Crippen molar-refractivity contribution in [2.24, 2.45) is 5.73 Å². The van der Waals surface area contributed by atoms with Gasteiger partial charge in [0.15, 0.2) is 0 Å². The summed E-state index contributed by atoms with van der Waals surface area (Å²) in [7, 11) is 0. The third kappa shape index (κ3) is 11.6. The number of allylic oxidation sites excluding steroid dienone is 1. The summed E-state index contributed by atoms with van der Waals surface area (Å²) in [5.41, 5.74) is 5.95. The van der Waals surface area contributed by atoms with Gasteiger partial charge in [-0.1, -0.05) is 96.5 Å². The maximum Gasteiger partial charge on any atom is 0.119 e. The fraction of sp³-hybridized carbons (Fsp3) is 0.826. The molecule has 3 heteroatoms. The van der Waals surface area contributed by atoms with E-state index in [-0.39, 0.29) is 12.3 Å². The van der Waals surface area contributed by atoms with E-state index in [0.29, 0.717) is 0 Å². The molecule has 2 atom stereocenters. The summed E-state index contributed by atoms with van der Waals surface area (Å²) in [5, 5.41) is 3.32. The number of unbranched alkanes of at least 4 members (excludes halogenated alkanes) is 14. The second kappa shape index (κ2) is 16.2. The van der Waals surface area contributed by atoms with Gasteiger partial charge in [0.05, 0.1) is 6.17 Å². The first-order valence-corrected chi connectivity index (χ1v) is 11.4. The molecule has 0 saturated carbocycles. The molecule has 3 N–H and O–H groups in total. The van der Waals surface area contributed by atoms with E-state index in [1.54, 1.807) is 0 Å². The lowest BCUT2D eigenvalue weighted by atomic mass is 10.0. The minimum Gasteiger partial charge on any atom is -0.367 e. The summed E-state index contributed by atoms with van der Waals surface area (Å²) in [6.45, 7) is 4.31. The van der Waals surface area contributed by atoms with Crippen LogP contribution in [0, 0.1) is 0 Å². The second-order valence-corrected chi connectivity index (χ2v) is 7.93. The van der Waals surface area contributed by atoms with Crippen molar-refractivity contribution in [1.29, 1.82) is 0 Å². The summed E-state index contributed by atoms with van der Waals surface area (Å²) >= 11 is 0. The average Bonchev–Trinajstić information content (AvgIpc) is 3.10. The molecule has 0 aliphatic carbocycles. The largest absolute Gasteiger partial charge is 0.367 e. The highest BCUT2D eigenvalue weighted by Crippen LogP contribution is 2.14. The summed E-state index contributed by atoms with van der Waals surface area (Å²) in [6, 6.07) is 0. The van der Waals surface area contributed by atoms with Crippen LogP contribution in [0.5, 0.6) is 0 Å².